The first kappa shape index (κ1) is 19.8. The molecule has 2 aromatic rings. The Morgan fingerprint density at radius 1 is 1.19 bits per heavy atom. The molecule has 0 aliphatic carbocycles. The minimum absolute atomic E-state index is 0.114. The van der Waals surface area contributed by atoms with E-state index in [0.717, 1.165) is 17.9 Å². The van der Waals surface area contributed by atoms with Gasteiger partial charge >= 0.3 is 0 Å². The molecule has 0 heterocycles. The van der Waals surface area contributed by atoms with Crippen molar-refractivity contribution in [3.8, 4) is 5.75 Å². The highest BCUT2D eigenvalue weighted by atomic mass is 16.5. The van der Waals surface area contributed by atoms with Gasteiger partial charge in [-0.15, -0.1) is 0 Å². The van der Waals surface area contributed by atoms with Gasteiger partial charge in [0.25, 0.3) is 0 Å². The first-order valence-electron chi connectivity index (χ1n) is 8.97. The molecule has 0 amide bonds. The van der Waals surface area contributed by atoms with E-state index in [2.05, 4.69) is 41.6 Å². The number of hydrogen-bond acceptors (Lipinski definition) is 3. The topological polar surface area (TPSA) is 65.9 Å². The molecule has 3 N–H and O–H groups in total. The van der Waals surface area contributed by atoms with Crippen LogP contribution in [0.15, 0.2) is 53.5 Å². The summed E-state index contributed by atoms with van der Waals surface area (Å²) in [7, 11) is 1.61. The van der Waals surface area contributed by atoms with Gasteiger partial charge in [0.15, 0.2) is 5.96 Å². The Hall–Kier alpha value is -2.53. The van der Waals surface area contributed by atoms with E-state index in [-0.39, 0.29) is 12.6 Å². The number of nitrogens with one attached hydrogen (secondary N) is 2. The van der Waals surface area contributed by atoms with Crippen LogP contribution >= 0.6 is 0 Å². The summed E-state index contributed by atoms with van der Waals surface area (Å²) in [5.74, 6) is 1.41. The number of aryl methyl sites for hydroxylation is 1. The predicted octanol–water partition coefficient (Wildman–Crippen LogP) is 3.35. The number of aliphatic imine (C=N–C) groups is 1. The largest absolute Gasteiger partial charge is 0.497 e. The van der Waals surface area contributed by atoms with Crippen LogP contribution in [-0.4, -0.2) is 31.3 Å². The van der Waals surface area contributed by atoms with Crippen LogP contribution in [0.5, 0.6) is 5.75 Å². The highest BCUT2D eigenvalue weighted by molar-refractivity contribution is 5.80. The SMILES string of the molecule is CCNC(=NCC(O)c1cccc(OC)c1)NC(C)c1ccccc1C. The standard InChI is InChI=1S/C21H29N3O2/c1-5-22-21(24-16(3)19-12-7-6-9-15(19)2)23-14-20(25)17-10-8-11-18(13-17)26-4/h6-13,16,20,25H,5,14H2,1-4H3,(H2,22,23,24). The molecule has 140 valence electrons. The van der Waals surface area contributed by atoms with Crippen molar-refractivity contribution in [2.24, 2.45) is 4.99 Å². The number of aliphatic hydroxyl groups excluding tert-OH is 1. The van der Waals surface area contributed by atoms with Crippen molar-refractivity contribution >= 4 is 5.96 Å². The highest BCUT2D eigenvalue weighted by Crippen LogP contribution is 2.19. The lowest BCUT2D eigenvalue weighted by molar-refractivity contribution is 0.186. The van der Waals surface area contributed by atoms with Crippen molar-refractivity contribution in [2.75, 3.05) is 20.2 Å². The molecule has 0 spiro atoms. The maximum atomic E-state index is 10.4. The molecule has 0 bridgehead atoms. The summed E-state index contributed by atoms with van der Waals surface area (Å²) in [5.41, 5.74) is 3.25. The zero-order valence-corrected chi connectivity index (χ0v) is 16.0. The Bertz CT molecular complexity index is 731. The number of methoxy groups -OCH3 is 1. The Morgan fingerprint density at radius 2 is 1.96 bits per heavy atom. The molecule has 0 radical (unpaired) electrons. The van der Waals surface area contributed by atoms with E-state index < -0.39 is 6.10 Å². The zero-order chi connectivity index (χ0) is 18.9. The second-order valence-corrected chi connectivity index (χ2v) is 6.23. The fraction of sp³-hybridized carbons (Fsp3) is 0.381. The zero-order valence-electron chi connectivity index (χ0n) is 16.0. The van der Waals surface area contributed by atoms with Gasteiger partial charge in [-0.25, -0.2) is 0 Å². The lowest BCUT2D eigenvalue weighted by Gasteiger charge is -2.20. The monoisotopic (exact) mass is 355 g/mol. The Kier molecular flexibility index (Phi) is 7.48. The molecule has 0 aromatic heterocycles. The Balaban J connectivity index is 2.06. The van der Waals surface area contributed by atoms with Crippen LogP contribution < -0.4 is 15.4 Å². The molecule has 2 aromatic carbocycles. The molecule has 2 rings (SSSR count). The predicted molar refractivity (Wildman–Crippen MR) is 107 cm³/mol. The van der Waals surface area contributed by atoms with Gasteiger partial charge in [-0.05, 0) is 49.6 Å². The lowest BCUT2D eigenvalue weighted by atomic mass is 10.0. The van der Waals surface area contributed by atoms with Crippen LogP contribution in [0.2, 0.25) is 0 Å². The molecule has 2 unspecified atom stereocenters. The molecule has 5 nitrogen and oxygen atoms in total. The second-order valence-electron chi connectivity index (χ2n) is 6.23. The first-order valence-corrected chi connectivity index (χ1v) is 8.97. The molecule has 26 heavy (non-hydrogen) atoms. The van der Waals surface area contributed by atoms with E-state index >= 15 is 0 Å². The van der Waals surface area contributed by atoms with Crippen LogP contribution in [0.3, 0.4) is 0 Å². The minimum Gasteiger partial charge on any atom is -0.497 e. The van der Waals surface area contributed by atoms with Crippen molar-refractivity contribution in [1.82, 2.24) is 10.6 Å². The summed E-state index contributed by atoms with van der Waals surface area (Å²) in [6.07, 6.45) is -0.686. The Morgan fingerprint density at radius 3 is 2.65 bits per heavy atom. The number of guanidine groups is 1. The van der Waals surface area contributed by atoms with E-state index in [9.17, 15) is 5.11 Å². The van der Waals surface area contributed by atoms with E-state index in [0.29, 0.717) is 5.96 Å². The average molecular weight is 355 g/mol. The number of aliphatic hydroxyl groups is 1. The lowest BCUT2D eigenvalue weighted by Crippen LogP contribution is -2.39. The number of benzene rings is 2. The average Bonchev–Trinajstić information content (AvgIpc) is 2.66. The minimum atomic E-state index is -0.686. The number of ether oxygens (including phenoxy) is 1. The molecule has 2 atom stereocenters. The van der Waals surface area contributed by atoms with Gasteiger partial charge in [0.1, 0.15) is 5.75 Å². The van der Waals surface area contributed by atoms with E-state index in [4.69, 9.17) is 4.74 Å². The van der Waals surface area contributed by atoms with Gasteiger partial charge in [-0.2, -0.15) is 0 Å². The molecule has 0 fully saturated rings. The molecular formula is C21H29N3O2. The van der Waals surface area contributed by atoms with Gasteiger partial charge in [-0.3, -0.25) is 4.99 Å². The van der Waals surface area contributed by atoms with Crippen molar-refractivity contribution in [2.45, 2.75) is 32.9 Å². The number of nitrogens with zero attached hydrogens (tertiary/aromatic N) is 1. The van der Waals surface area contributed by atoms with Crippen LogP contribution in [-0.2, 0) is 0 Å². The smallest absolute Gasteiger partial charge is 0.191 e. The summed E-state index contributed by atoms with van der Waals surface area (Å²) in [6.45, 7) is 7.25. The summed E-state index contributed by atoms with van der Waals surface area (Å²) in [5, 5.41) is 17.1. The van der Waals surface area contributed by atoms with Crippen molar-refractivity contribution in [3.63, 3.8) is 0 Å². The molecule has 0 saturated heterocycles. The quantitative estimate of drug-likeness (QED) is 0.526. The second kappa shape index (κ2) is 9.82. The molecule has 0 aliphatic heterocycles. The van der Waals surface area contributed by atoms with Gasteiger partial charge < -0.3 is 20.5 Å². The first-order chi connectivity index (χ1) is 12.5. The van der Waals surface area contributed by atoms with Crippen molar-refractivity contribution < 1.29 is 9.84 Å². The summed E-state index contributed by atoms with van der Waals surface area (Å²) in [4.78, 5) is 4.54. The van der Waals surface area contributed by atoms with E-state index in [1.54, 1.807) is 7.11 Å². The third-order valence-electron chi connectivity index (χ3n) is 4.25. The number of rotatable bonds is 7. The van der Waals surface area contributed by atoms with Gasteiger partial charge in [0.2, 0.25) is 0 Å². The Labute approximate surface area is 156 Å². The van der Waals surface area contributed by atoms with Gasteiger partial charge in [0.05, 0.1) is 25.8 Å². The maximum Gasteiger partial charge on any atom is 0.191 e. The van der Waals surface area contributed by atoms with Crippen LogP contribution in [0.25, 0.3) is 0 Å². The molecular weight excluding hydrogens is 326 g/mol. The van der Waals surface area contributed by atoms with Crippen molar-refractivity contribution in [1.29, 1.82) is 0 Å². The van der Waals surface area contributed by atoms with E-state index in [1.165, 1.54) is 11.1 Å². The maximum absolute atomic E-state index is 10.4. The highest BCUT2D eigenvalue weighted by Gasteiger charge is 2.12. The molecule has 5 heteroatoms. The fourth-order valence-corrected chi connectivity index (χ4v) is 2.81. The van der Waals surface area contributed by atoms with Gasteiger partial charge in [0, 0.05) is 6.54 Å². The third-order valence-corrected chi connectivity index (χ3v) is 4.25. The van der Waals surface area contributed by atoms with Crippen LogP contribution in [0.4, 0.5) is 0 Å². The van der Waals surface area contributed by atoms with Gasteiger partial charge in [-0.1, -0.05) is 36.4 Å². The summed E-state index contributed by atoms with van der Waals surface area (Å²) in [6, 6.07) is 15.8. The normalized spacial score (nSPS) is 13.8. The summed E-state index contributed by atoms with van der Waals surface area (Å²) >= 11 is 0. The third kappa shape index (κ3) is 5.49. The summed E-state index contributed by atoms with van der Waals surface area (Å²) < 4.78 is 5.21. The fourth-order valence-electron chi connectivity index (χ4n) is 2.81. The molecule has 0 aliphatic rings. The molecule has 0 saturated carbocycles. The van der Waals surface area contributed by atoms with Crippen LogP contribution in [0.1, 0.15) is 42.7 Å². The number of hydrogen-bond donors (Lipinski definition) is 3. The van der Waals surface area contributed by atoms with Crippen molar-refractivity contribution in [3.05, 3.63) is 65.2 Å². The van der Waals surface area contributed by atoms with Crippen LogP contribution in [0, 0.1) is 6.92 Å². The van der Waals surface area contributed by atoms with E-state index in [1.807, 2.05) is 43.3 Å².